The van der Waals surface area contributed by atoms with E-state index >= 15 is 0 Å². The molecule has 64 valence electrons. The average Bonchev–Trinajstić information content (AvgIpc) is 2.78. The fourth-order valence-corrected chi connectivity index (χ4v) is 2.51. The lowest BCUT2D eigenvalue weighted by molar-refractivity contribution is 0.420. The van der Waals surface area contributed by atoms with Crippen LogP contribution in [0.25, 0.3) is 0 Å². The summed E-state index contributed by atoms with van der Waals surface area (Å²) in [6, 6.07) is 0. The normalized spacial score (nSPS) is 31.9. The van der Waals surface area contributed by atoms with Gasteiger partial charge in [-0.2, -0.15) is 11.8 Å². The Morgan fingerprint density at radius 2 is 2.09 bits per heavy atom. The minimum atomic E-state index is 1.07. The number of thioether (sulfide) groups is 1. The topological polar surface area (TPSA) is 0 Å². The molecule has 0 aromatic rings. The van der Waals surface area contributed by atoms with Gasteiger partial charge in [-0.25, -0.2) is 0 Å². The predicted molar refractivity (Wildman–Crippen MR) is 52.0 cm³/mol. The van der Waals surface area contributed by atoms with Crippen LogP contribution in [-0.2, 0) is 0 Å². The fourth-order valence-electron chi connectivity index (χ4n) is 1.83. The molecule has 1 saturated heterocycles. The lowest BCUT2D eigenvalue weighted by Gasteiger charge is -2.12. The summed E-state index contributed by atoms with van der Waals surface area (Å²) in [6.07, 6.45) is 7.57. The Bertz CT molecular complexity index is 111. The van der Waals surface area contributed by atoms with E-state index < -0.39 is 0 Å². The van der Waals surface area contributed by atoms with Crippen molar-refractivity contribution in [2.45, 2.75) is 44.3 Å². The molecule has 0 nitrogen and oxygen atoms in total. The molecule has 11 heavy (non-hydrogen) atoms. The standard InChI is InChI=1S/C10H18S/c1-2-8(5-9-3-4-9)6-10-7-11-10/h8-10H,2-7H2,1H3. The molecule has 0 N–H and O–H groups in total. The third-order valence-electron chi connectivity index (χ3n) is 2.94. The van der Waals surface area contributed by atoms with Crippen LogP contribution in [0.5, 0.6) is 0 Å². The molecule has 0 radical (unpaired) electrons. The van der Waals surface area contributed by atoms with Gasteiger partial charge in [0.2, 0.25) is 0 Å². The average molecular weight is 170 g/mol. The van der Waals surface area contributed by atoms with Crippen molar-refractivity contribution in [3.05, 3.63) is 0 Å². The number of hydrogen-bond donors (Lipinski definition) is 0. The Labute approximate surface area is 74.1 Å². The molecule has 0 aromatic heterocycles. The lowest BCUT2D eigenvalue weighted by atomic mass is 9.95. The Hall–Kier alpha value is 0.350. The van der Waals surface area contributed by atoms with Gasteiger partial charge in [0, 0.05) is 11.0 Å². The monoisotopic (exact) mass is 170 g/mol. The van der Waals surface area contributed by atoms with E-state index in [2.05, 4.69) is 18.7 Å². The Morgan fingerprint density at radius 1 is 1.36 bits per heavy atom. The van der Waals surface area contributed by atoms with Gasteiger partial charge in [0.15, 0.2) is 0 Å². The maximum absolute atomic E-state index is 2.36. The van der Waals surface area contributed by atoms with Crippen molar-refractivity contribution in [2.75, 3.05) is 5.75 Å². The summed E-state index contributed by atoms with van der Waals surface area (Å²) in [5.74, 6) is 3.67. The molecule has 2 fully saturated rings. The van der Waals surface area contributed by atoms with Gasteiger partial charge in [-0.1, -0.05) is 26.2 Å². The minimum absolute atomic E-state index is 1.07. The van der Waals surface area contributed by atoms with Gasteiger partial charge in [-0.05, 0) is 24.7 Å². The molecule has 1 heterocycles. The minimum Gasteiger partial charge on any atom is -0.157 e. The molecule has 1 saturated carbocycles. The fraction of sp³-hybridized carbons (Fsp3) is 1.00. The predicted octanol–water partition coefficient (Wildman–Crippen LogP) is 3.32. The highest BCUT2D eigenvalue weighted by atomic mass is 32.2. The first kappa shape index (κ1) is 7.97. The third-order valence-corrected chi connectivity index (χ3v) is 3.94. The van der Waals surface area contributed by atoms with E-state index in [0.29, 0.717) is 0 Å². The Balaban J connectivity index is 1.65. The quantitative estimate of drug-likeness (QED) is 0.570. The van der Waals surface area contributed by atoms with Gasteiger partial charge in [0.1, 0.15) is 0 Å². The summed E-state index contributed by atoms with van der Waals surface area (Å²) in [5.41, 5.74) is 0. The van der Waals surface area contributed by atoms with E-state index in [-0.39, 0.29) is 0 Å². The lowest BCUT2D eigenvalue weighted by Crippen LogP contribution is -2.03. The van der Waals surface area contributed by atoms with E-state index in [0.717, 1.165) is 17.1 Å². The molecular formula is C10H18S. The number of rotatable bonds is 5. The summed E-state index contributed by atoms with van der Waals surface area (Å²) in [7, 11) is 0. The summed E-state index contributed by atoms with van der Waals surface area (Å²) in [4.78, 5) is 0. The zero-order chi connectivity index (χ0) is 7.68. The maximum atomic E-state index is 2.36. The Morgan fingerprint density at radius 3 is 2.55 bits per heavy atom. The highest BCUT2D eigenvalue weighted by Gasteiger charge is 2.29. The molecule has 2 unspecified atom stereocenters. The van der Waals surface area contributed by atoms with Crippen LogP contribution in [-0.4, -0.2) is 11.0 Å². The highest BCUT2D eigenvalue weighted by molar-refractivity contribution is 8.06. The second kappa shape index (κ2) is 3.38. The number of hydrogen-bond acceptors (Lipinski definition) is 1. The van der Waals surface area contributed by atoms with Crippen LogP contribution in [0.4, 0.5) is 0 Å². The maximum Gasteiger partial charge on any atom is 0.0141 e. The van der Waals surface area contributed by atoms with E-state index in [9.17, 15) is 0 Å². The molecule has 0 aromatic carbocycles. The second-order valence-corrected chi connectivity index (χ2v) is 5.48. The highest BCUT2D eigenvalue weighted by Crippen LogP contribution is 2.42. The molecular weight excluding hydrogens is 152 g/mol. The van der Waals surface area contributed by atoms with Crippen molar-refractivity contribution < 1.29 is 0 Å². The van der Waals surface area contributed by atoms with E-state index in [1.54, 1.807) is 6.42 Å². The van der Waals surface area contributed by atoms with Crippen LogP contribution in [0, 0.1) is 11.8 Å². The summed E-state index contributed by atoms with van der Waals surface area (Å²) < 4.78 is 0. The molecule has 0 bridgehead atoms. The summed E-state index contributed by atoms with van der Waals surface area (Å²) in [5, 5.41) is 1.07. The largest absolute Gasteiger partial charge is 0.157 e. The molecule has 2 rings (SSSR count). The first-order valence-electron chi connectivity index (χ1n) is 5.00. The molecule has 2 atom stereocenters. The smallest absolute Gasteiger partial charge is 0.0141 e. The van der Waals surface area contributed by atoms with Crippen molar-refractivity contribution in [1.29, 1.82) is 0 Å². The summed E-state index contributed by atoms with van der Waals surface area (Å²) in [6.45, 7) is 2.36. The van der Waals surface area contributed by atoms with Gasteiger partial charge in [-0.15, -0.1) is 0 Å². The van der Waals surface area contributed by atoms with E-state index in [1.165, 1.54) is 31.4 Å². The molecule has 1 aliphatic carbocycles. The zero-order valence-corrected chi connectivity index (χ0v) is 8.20. The summed E-state index contributed by atoms with van der Waals surface area (Å²) >= 11 is 2.16. The van der Waals surface area contributed by atoms with Crippen LogP contribution in [0.1, 0.15) is 39.0 Å². The van der Waals surface area contributed by atoms with Crippen LogP contribution in [0.2, 0.25) is 0 Å². The molecule has 1 aliphatic heterocycles. The van der Waals surface area contributed by atoms with Gasteiger partial charge >= 0.3 is 0 Å². The Kier molecular flexibility index (Phi) is 2.45. The SMILES string of the molecule is CCC(CC1CC1)CC1CS1. The van der Waals surface area contributed by atoms with Crippen LogP contribution in [0.15, 0.2) is 0 Å². The first-order chi connectivity index (χ1) is 5.38. The molecule has 2 aliphatic rings. The van der Waals surface area contributed by atoms with Crippen molar-refractivity contribution >= 4 is 11.8 Å². The first-order valence-corrected chi connectivity index (χ1v) is 6.05. The van der Waals surface area contributed by atoms with Crippen molar-refractivity contribution in [2.24, 2.45) is 11.8 Å². The van der Waals surface area contributed by atoms with Crippen LogP contribution < -0.4 is 0 Å². The van der Waals surface area contributed by atoms with Gasteiger partial charge in [0.25, 0.3) is 0 Å². The third kappa shape index (κ3) is 2.70. The van der Waals surface area contributed by atoms with E-state index in [4.69, 9.17) is 0 Å². The second-order valence-electron chi connectivity index (χ2n) is 4.14. The van der Waals surface area contributed by atoms with Gasteiger partial charge in [0.05, 0.1) is 0 Å². The molecule has 0 amide bonds. The van der Waals surface area contributed by atoms with Gasteiger partial charge in [-0.3, -0.25) is 0 Å². The molecule has 0 spiro atoms. The van der Waals surface area contributed by atoms with Crippen molar-refractivity contribution in [3.63, 3.8) is 0 Å². The van der Waals surface area contributed by atoms with E-state index in [1.807, 2.05) is 0 Å². The zero-order valence-electron chi connectivity index (χ0n) is 7.38. The molecule has 1 heteroatoms. The van der Waals surface area contributed by atoms with Crippen LogP contribution in [0.3, 0.4) is 0 Å². The van der Waals surface area contributed by atoms with Crippen molar-refractivity contribution in [3.8, 4) is 0 Å². The van der Waals surface area contributed by atoms with Gasteiger partial charge < -0.3 is 0 Å². The van der Waals surface area contributed by atoms with Crippen molar-refractivity contribution in [1.82, 2.24) is 0 Å². The van der Waals surface area contributed by atoms with Crippen LogP contribution >= 0.6 is 11.8 Å².